The van der Waals surface area contributed by atoms with Crippen LogP contribution in [0.3, 0.4) is 0 Å². The number of nitrogens with zero attached hydrogens (tertiary/aromatic N) is 3. The molecular weight excluding hydrogens is 250 g/mol. The van der Waals surface area contributed by atoms with E-state index in [1.807, 2.05) is 10.7 Å². The van der Waals surface area contributed by atoms with E-state index in [-0.39, 0.29) is 5.54 Å². The lowest BCUT2D eigenvalue weighted by atomic mass is 9.88. The van der Waals surface area contributed by atoms with Crippen LogP contribution in [0.1, 0.15) is 46.2 Å². The van der Waals surface area contributed by atoms with Gasteiger partial charge in [0, 0.05) is 18.9 Å². The van der Waals surface area contributed by atoms with Crippen molar-refractivity contribution in [2.24, 2.45) is 11.7 Å². The van der Waals surface area contributed by atoms with E-state index in [2.05, 4.69) is 56.1 Å². The number of nitrogens with two attached hydrogens (primary N) is 1. The Kier molecular flexibility index (Phi) is 3.99. The van der Waals surface area contributed by atoms with Crippen molar-refractivity contribution in [3.8, 4) is 0 Å². The number of hydrogen-bond donors (Lipinski definition) is 2. The number of aromatic nitrogens is 3. The smallest absolute Gasteiger partial charge is 0.152 e. The van der Waals surface area contributed by atoms with Crippen LogP contribution >= 0.6 is 0 Å². The molecule has 0 saturated carbocycles. The molecule has 0 spiro atoms. The fourth-order valence-corrected chi connectivity index (χ4v) is 2.02. The van der Waals surface area contributed by atoms with Gasteiger partial charge in [-0.1, -0.05) is 27.7 Å². The topological polar surface area (TPSA) is 68.2 Å². The van der Waals surface area contributed by atoms with Gasteiger partial charge in [0.15, 0.2) is 5.82 Å². The average Bonchev–Trinajstić information content (AvgIpc) is 2.83. The number of fused-ring (bicyclic) bond motifs is 1. The Morgan fingerprint density at radius 2 is 2.05 bits per heavy atom. The summed E-state index contributed by atoms with van der Waals surface area (Å²) in [7, 11) is 0. The molecule has 2 aromatic heterocycles. The van der Waals surface area contributed by atoms with Gasteiger partial charge in [-0.3, -0.25) is 0 Å². The molecule has 5 nitrogen and oxygen atoms in total. The van der Waals surface area contributed by atoms with Gasteiger partial charge in [-0.15, -0.1) is 0 Å². The third-order valence-corrected chi connectivity index (χ3v) is 4.10. The van der Waals surface area contributed by atoms with Crippen LogP contribution in [0.4, 0.5) is 5.82 Å². The van der Waals surface area contributed by atoms with E-state index in [0.29, 0.717) is 18.4 Å². The standard InChI is InChI=1S/C15H25N5/c1-10(2)12-8-13-14(17-6-7-20(13)19-12)18-15(5,9-16)11(3)4/h6-8,10-11H,9,16H2,1-5H3,(H,17,18). The van der Waals surface area contributed by atoms with Crippen molar-refractivity contribution in [3.05, 3.63) is 24.2 Å². The predicted octanol–water partition coefficient (Wildman–Crippen LogP) is 2.64. The highest BCUT2D eigenvalue weighted by atomic mass is 15.2. The lowest BCUT2D eigenvalue weighted by Crippen LogP contribution is -2.47. The molecule has 0 aromatic carbocycles. The molecule has 2 aromatic rings. The first kappa shape index (κ1) is 14.8. The molecule has 0 aliphatic heterocycles. The van der Waals surface area contributed by atoms with E-state index >= 15 is 0 Å². The second-order valence-electron chi connectivity index (χ2n) is 6.23. The number of hydrogen-bond acceptors (Lipinski definition) is 4. The second kappa shape index (κ2) is 5.40. The highest BCUT2D eigenvalue weighted by Gasteiger charge is 2.27. The van der Waals surface area contributed by atoms with Gasteiger partial charge in [-0.05, 0) is 24.8 Å². The van der Waals surface area contributed by atoms with Gasteiger partial charge in [0.25, 0.3) is 0 Å². The SMILES string of the molecule is CC(C)c1cc2c(NC(C)(CN)C(C)C)nccn2n1. The van der Waals surface area contributed by atoms with Gasteiger partial charge in [-0.2, -0.15) is 5.10 Å². The van der Waals surface area contributed by atoms with E-state index in [1.165, 1.54) is 0 Å². The summed E-state index contributed by atoms with van der Waals surface area (Å²) in [4.78, 5) is 4.47. The quantitative estimate of drug-likeness (QED) is 0.880. The maximum Gasteiger partial charge on any atom is 0.152 e. The first-order valence-electron chi connectivity index (χ1n) is 7.20. The maximum absolute atomic E-state index is 5.94. The largest absolute Gasteiger partial charge is 0.362 e. The Labute approximate surface area is 120 Å². The molecule has 0 fully saturated rings. The Balaban J connectivity index is 2.44. The minimum absolute atomic E-state index is 0.183. The summed E-state index contributed by atoms with van der Waals surface area (Å²) in [6.45, 7) is 11.3. The molecule has 5 heteroatoms. The fraction of sp³-hybridized carbons (Fsp3) is 0.600. The molecule has 0 aliphatic rings. The molecule has 3 N–H and O–H groups in total. The summed E-state index contributed by atoms with van der Waals surface area (Å²) in [6.07, 6.45) is 3.64. The van der Waals surface area contributed by atoms with E-state index in [4.69, 9.17) is 5.73 Å². The zero-order valence-corrected chi connectivity index (χ0v) is 13.0. The van der Waals surface area contributed by atoms with Crippen LogP contribution in [0.5, 0.6) is 0 Å². The first-order chi connectivity index (χ1) is 9.37. The van der Waals surface area contributed by atoms with Crippen molar-refractivity contribution >= 4 is 11.3 Å². The van der Waals surface area contributed by atoms with Crippen LogP contribution in [-0.2, 0) is 0 Å². The lowest BCUT2D eigenvalue weighted by Gasteiger charge is -2.34. The molecule has 0 amide bonds. The summed E-state index contributed by atoms with van der Waals surface area (Å²) in [5, 5.41) is 8.08. The number of rotatable bonds is 5. The van der Waals surface area contributed by atoms with Crippen LogP contribution in [0, 0.1) is 5.92 Å². The minimum atomic E-state index is -0.183. The van der Waals surface area contributed by atoms with Gasteiger partial charge in [0.05, 0.1) is 11.2 Å². The Morgan fingerprint density at radius 1 is 1.35 bits per heavy atom. The zero-order valence-electron chi connectivity index (χ0n) is 13.0. The van der Waals surface area contributed by atoms with Crippen molar-refractivity contribution < 1.29 is 0 Å². The fourth-order valence-electron chi connectivity index (χ4n) is 2.02. The van der Waals surface area contributed by atoms with Gasteiger partial charge in [0.2, 0.25) is 0 Å². The normalized spacial score (nSPS) is 15.0. The molecule has 0 saturated heterocycles. The van der Waals surface area contributed by atoms with Crippen molar-refractivity contribution in [3.63, 3.8) is 0 Å². The predicted molar refractivity (Wildman–Crippen MR) is 83.0 cm³/mol. The van der Waals surface area contributed by atoms with E-state index in [1.54, 1.807) is 6.20 Å². The van der Waals surface area contributed by atoms with Crippen LogP contribution < -0.4 is 11.1 Å². The molecule has 1 unspecified atom stereocenters. The minimum Gasteiger partial charge on any atom is -0.362 e. The molecule has 0 bridgehead atoms. The third-order valence-electron chi connectivity index (χ3n) is 4.10. The van der Waals surface area contributed by atoms with Crippen molar-refractivity contribution in [2.45, 2.75) is 46.1 Å². The van der Waals surface area contributed by atoms with Crippen molar-refractivity contribution in [2.75, 3.05) is 11.9 Å². The molecule has 1 atom stereocenters. The van der Waals surface area contributed by atoms with E-state index in [9.17, 15) is 0 Å². The lowest BCUT2D eigenvalue weighted by molar-refractivity contribution is 0.381. The summed E-state index contributed by atoms with van der Waals surface area (Å²) in [5.74, 6) is 1.64. The van der Waals surface area contributed by atoms with Gasteiger partial charge < -0.3 is 11.1 Å². The zero-order chi connectivity index (χ0) is 14.9. The van der Waals surface area contributed by atoms with Crippen LogP contribution in [-0.4, -0.2) is 26.7 Å². The maximum atomic E-state index is 5.94. The molecule has 2 heterocycles. The molecular formula is C15H25N5. The molecule has 110 valence electrons. The van der Waals surface area contributed by atoms with Crippen LogP contribution in [0.15, 0.2) is 18.5 Å². The van der Waals surface area contributed by atoms with Gasteiger partial charge >= 0.3 is 0 Å². The Hall–Kier alpha value is -1.62. The first-order valence-corrected chi connectivity index (χ1v) is 7.20. The second-order valence-corrected chi connectivity index (χ2v) is 6.23. The van der Waals surface area contributed by atoms with E-state index < -0.39 is 0 Å². The van der Waals surface area contributed by atoms with Gasteiger partial charge in [-0.25, -0.2) is 9.50 Å². The Morgan fingerprint density at radius 3 is 2.60 bits per heavy atom. The van der Waals surface area contributed by atoms with Crippen LogP contribution in [0.2, 0.25) is 0 Å². The summed E-state index contributed by atoms with van der Waals surface area (Å²) in [6, 6.07) is 2.09. The van der Waals surface area contributed by atoms with Crippen molar-refractivity contribution in [1.82, 2.24) is 14.6 Å². The molecule has 0 aliphatic carbocycles. The number of anilines is 1. The van der Waals surface area contributed by atoms with Gasteiger partial charge in [0.1, 0.15) is 5.52 Å². The highest BCUT2D eigenvalue weighted by Crippen LogP contribution is 2.25. The Bertz CT molecular complexity index is 587. The monoisotopic (exact) mass is 275 g/mol. The highest BCUT2D eigenvalue weighted by molar-refractivity contribution is 5.68. The summed E-state index contributed by atoms with van der Waals surface area (Å²) < 4.78 is 1.88. The summed E-state index contributed by atoms with van der Waals surface area (Å²) >= 11 is 0. The molecule has 2 rings (SSSR count). The molecule has 0 radical (unpaired) electrons. The third kappa shape index (κ3) is 2.63. The van der Waals surface area contributed by atoms with Crippen molar-refractivity contribution in [1.29, 1.82) is 0 Å². The number of nitrogens with one attached hydrogen (secondary N) is 1. The summed E-state index contributed by atoms with van der Waals surface area (Å²) in [5.41, 5.74) is 7.82. The van der Waals surface area contributed by atoms with Crippen LogP contribution in [0.25, 0.3) is 5.52 Å². The molecule has 20 heavy (non-hydrogen) atoms. The average molecular weight is 275 g/mol. The van der Waals surface area contributed by atoms with E-state index in [0.717, 1.165) is 17.0 Å².